The molecule has 1 aromatic heterocycles. The largest absolute Gasteiger partial charge is 0.248 e. The van der Waals surface area contributed by atoms with Crippen LogP contribution in [0.25, 0.3) is 0 Å². The van der Waals surface area contributed by atoms with Crippen molar-refractivity contribution in [2.45, 2.75) is 57.9 Å². The van der Waals surface area contributed by atoms with E-state index >= 15 is 0 Å². The van der Waals surface area contributed by atoms with Crippen LogP contribution in [0.1, 0.15) is 51.9 Å². The quantitative estimate of drug-likeness (QED) is 0.702. The van der Waals surface area contributed by atoms with Crippen molar-refractivity contribution in [3.8, 4) is 0 Å². The molecule has 0 fully saturated rings. The fourth-order valence-corrected chi connectivity index (χ4v) is 1.95. The molecule has 1 unspecified atom stereocenters. The summed E-state index contributed by atoms with van der Waals surface area (Å²) in [5.74, 6) is 1.05. The standard InChI is InChI=1S/C11H20ClN3/c1-4-5-10(12)6-7-11-13-8-14-15(11)9(2)3/h8-10H,4-7H2,1-3H3. The van der Waals surface area contributed by atoms with Crippen molar-refractivity contribution in [3.05, 3.63) is 12.2 Å². The highest BCUT2D eigenvalue weighted by Gasteiger charge is 2.10. The summed E-state index contributed by atoms with van der Waals surface area (Å²) in [5.41, 5.74) is 0. The molecule has 1 rings (SSSR count). The molecule has 15 heavy (non-hydrogen) atoms. The van der Waals surface area contributed by atoms with Crippen molar-refractivity contribution in [1.82, 2.24) is 14.8 Å². The second kappa shape index (κ2) is 6.11. The fourth-order valence-electron chi connectivity index (χ4n) is 1.63. The summed E-state index contributed by atoms with van der Waals surface area (Å²) in [6.45, 7) is 6.39. The summed E-state index contributed by atoms with van der Waals surface area (Å²) in [5, 5.41) is 4.47. The minimum absolute atomic E-state index is 0.271. The van der Waals surface area contributed by atoms with E-state index in [0.717, 1.165) is 31.5 Å². The van der Waals surface area contributed by atoms with Crippen LogP contribution in [0.2, 0.25) is 0 Å². The first kappa shape index (κ1) is 12.5. The molecule has 0 aliphatic rings. The third-order valence-corrected chi connectivity index (χ3v) is 2.86. The van der Waals surface area contributed by atoms with Gasteiger partial charge in [0.25, 0.3) is 0 Å². The Hall–Kier alpha value is -0.570. The second-order valence-corrected chi connectivity index (χ2v) is 4.76. The molecular formula is C11H20ClN3. The lowest BCUT2D eigenvalue weighted by Crippen LogP contribution is -2.10. The van der Waals surface area contributed by atoms with E-state index in [1.165, 1.54) is 0 Å². The Balaban J connectivity index is 2.46. The molecule has 0 amide bonds. The summed E-state index contributed by atoms with van der Waals surface area (Å²) >= 11 is 6.17. The Labute approximate surface area is 96.8 Å². The molecule has 0 saturated carbocycles. The highest BCUT2D eigenvalue weighted by Crippen LogP contribution is 2.14. The summed E-state index contributed by atoms with van der Waals surface area (Å²) in [6, 6.07) is 0.377. The summed E-state index contributed by atoms with van der Waals surface area (Å²) in [7, 11) is 0. The Morgan fingerprint density at radius 1 is 1.40 bits per heavy atom. The summed E-state index contributed by atoms with van der Waals surface area (Å²) in [6.07, 6.45) is 5.76. The molecule has 0 aliphatic carbocycles. The lowest BCUT2D eigenvalue weighted by Gasteiger charge is -2.11. The van der Waals surface area contributed by atoms with Crippen molar-refractivity contribution >= 4 is 11.6 Å². The Morgan fingerprint density at radius 2 is 2.13 bits per heavy atom. The van der Waals surface area contributed by atoms with Crippen molar-refractivity contribution in [3.63, 3.8) is 0 Å². The van der Waals surface area contributed by atoms with E-state index in [9.17, 15) is 0 Å². The normalized spacial score (nSPS) is 13.4. The fraction of sp³-hybridized carbons (Fsp3) is 0.818. The van der Waals surface area contributed by atoms with Gasteiger partial charge in [-0.1, -0.05) is 13.3 Å². The molecule has 0 bridgehead atoms. The van der Waals surface area contributed by atoms with Gasteiger partial charge in [-0.25, -0.2) is 9.67 Å². The highest BCUT2D eigenvalue weighted by atomic mass is 35.5. The minimum atomic E-state index is 0.271. The first-order chi connectivity index (χ1) is 7.15. The third-order valence-electron chi connectivity index (χ3n) is 2.42. The number of halogens is 1. The molecule has 0 N–H and O–H groups in total. The van der Waals surface area contributed by atoms with Gasteiger partial charge in [-0.05, 0) is 26.7 Å². The molecule has 86 valence electrons. The zero-order valence-electron chi connectivity index (χ0n) is 9.78. The molecule has 0 aromatic carbocycles. The van der Waals surface area contributed by atoms with Crippen LogP contribution in [0.15, 0.2) is 6.33 Å². The molecule has 0 saturated heterocycles. The van der Waals surface area contributed by atoms with Gasteiger partial charge >= 0.3 is 0 Å². The summed E-state index contributed by atoms with van der Waals surface area (Å²) in [4.78, 5) is 4.26. The van der Waals surface area contributed by atoms with Crippen LogP contribution in [-0.2, 0) is 6.42 Å². The predicted molar refractivity (Wildman–Crippen MR) is 63.3 cm³/mol. The van der Waals surface area contributed by atoms with Crippen molar-refractivity contribution < 1.29 is 0 Å². The lowest BCUT2D eigenvalue weighted by molar-refractivity contribution is 0.497. The van der Waals surface area contributed by atoms with Gasteiger partial charge < -0.3 is 0 Å². The second-order valence-electron chi connectivity index (χ2n) is 4.14. The number of hydrogen-bond acceptors (Lipinski definition) is 2. The number of rotatable bonds is 6. The van der Waals surface area contributed by atoms with Crippen LogP contribution in [0.5, 0.6) is 0 Å². The zero-order chi connectivity index (χ0) is 11.3. The summed E-state index contributed by atoms with van der Waals surface area (Å²) < 4.78 is 1.97. The monoisotopic (exact) mass is 229 g/mol. The van der Waals surface area contributed by atoms with Gasteiger partial charge in [0.1, 0.15) is 12.2 Å². The van der Waals surface area contributed by atoms with Gasteiger partial charge in [0, 0.05) is 17.8 Å². The molecule has 0 radical (unpaired) electrons. The Bertz CT molecular complexity index is 283. The van der Waals surface area contributed by atoms with Gasteiger partial charge in [-0.15, -0.1) is 11.6 Å². The average molecular weight is 230 g/mol. The van der Waals surface area contributed by atoms with Crippen LogP contribution >= 0.6 is 11.6 Å². The van der Waals surface area contributed by atoms with Gasteiger partial charge in [0.2, 0.25) is 0 Å². The molecular weight excluding hydrogens is 210 g/mol. The predicted octanol–water partition coefficient (Wildman–Crippen LogP) is 3.20. The molecule has 3 nitrogen and oxygen atoms in total. The van der Waals surface area contributed by atoms with Crippen LogP contribution in [0.3, 0.4) is 0 Å². The number of nitrogens with zero attached hydrogens (tertiary/aromatic N) is 3. The maximum Gasteiger partial charge on any atom is 0.138 e. The van der Waals surface area contributed by atoms with Crippen LogP contribution in [-0.4, -0.2) is 20.1 Å². The van der Waals surface area contributed by atoms with E-state index in [-0.39, 0.29) is 5.38 Å². The Morgan fingerprint density at radius 3 is 2.73 bits per heavy atom. The maximum absolute atomic E-state index is 6.17. The topological polar surface area (TPSA) is 30.7 Å². The van der Waals surface area contributed by atoms with Crippen LogP contribution in [0, 0.1) is 0 Å². The smallest absolute Gasteiger partial charge is 0.138 e. The van der Waals surface area contributed by atoms with Gasteiger partial charge in [-0.2, -0.15) is 5.10 Å². The number of aryl methyl sites for hydroxylation is 1. The zero-order valence-corrected chi connectivity index (χ0v) is 10.5. The minimum Gasteiger partial charge on any atom is -0.248 e. The van der Waals surface area contributed by atoms with Crippen molar-refractivity contribution in [1.29, 1.82) is 0 Å². The molecule has 1 atom stereocenters. The first-order valence-electron chi connectivity index (χ1n) is 5.67. The van der Waals surface area contributed by atoms with Crippen LogP contribution in [0.4, 0.5) is 0 Å². The van der Waals surface area contributed by atoms with Crippen molar-refractivity contribution in [2.75, 3.05) is 0 Å². The number of aromatic nitrogens is 3. The van der Waals surface area contributed by atoms with Gasteiger partial charge in [0.05, 0.1) is 0 Å². The Kier molecular flexibility index (Phi) is 5.09. The van der Waals surface area contributed by atoms with E-state index in [2.05, 4.69) is 30.9 Å². The molecule has 0 spiro atoms. The molecule has 0 aliphatic heterocycles. The van der Waals surface area contributed by atoms with E-state index in [1.54, 1.807) is 6.33 Å². The van der Waals surface area contributed by atoms with Crippen molar-refractivity contribution in [2.24, 2.45) is 0 Å². The van der Waals surface area contributed by atoms with E-state index in [1.807, 2.05) is 4.68 Å². The highest BCUT2D eigenvalue weighted by molar-refractivity contribution is 6.20. The lowest BCUT2D eigenvalue weighted by atomic mass is 10.1. The molecule has 1 aromatic rings. The maximum atomic E-state index is 6.17. The van der Waals surface area contributed by atoms with Gasteiger partial charge in [0.15, 0.2) is 0 Å². The third kappa shape index (κ3) is 3.82. The average Bonchev–Trinajstić information content (AvgIpc) is 2.63. The van der Waals surface area contributed by atoms with Crippen LogP contribution < -0.4 is 0 Å². The van der Waals surface area contributed by atoms with E-state index < -0.39 is 0 Å². The SMILES string of the molecule is CCCC(Cl)CCc1ncnn1C(C)C. The number of alkyl halides is 1. The van der Waals surface area contributed by atoms with E-state index in [0.29, 0.717) is 6.04 Å². The number of hydrogen-bond donors (Lipinski definition) is 0. The first-order valence-corrected chi connectivity index (χ1v) is 6.11. The molecule has 1 heterocycles. The van der Waals surface area contributed by atoms with E-state index in [4.69, 9.17) is 11.6 Å². The van der Waals surface area contributed by atoms with Gasteiger partial charge in [-0.3, -0.25) is 0 Å². The molecule has 4 heteroatoms.